The van der Waals surface area contributed by atoms with Gasteiger partial charge in [0, 0.05) is 17.5 Å². The summed E-state index contributed by atoms with van der Waals surface area (Å²) in [5.41, 5.74) is 4.41. The number of anilines is 1. The third kappa shape index (κ3) is 3.64. The predicted molar refractivity (Wildman–Crippen MR) is 97.6 cm³/mol. The summed E-state index contributed by atoms with van der Waals surface area (Å²) in [5, 5.41) is 4.01. The van der Waals surface area contributed by atoms with Gasteiger partial charge in [0.1, 0.15) is 5.70 Å². The highest BCUT2D eigenvalue weighted by molar-refractivity contribution is 6.14. The molecule has 0 fully saturated rings. The van der Waals surface area contributed by atoms with Gasteiger partial charge >= 0.3 is 11.9 Å². The van der Waals surface area contributed by atoms with Crippen LogP contribution in [0.2, 0.25) is 0 Å². The number of methoxy groups -OCH3 is 2. The number of nitrogens with zero attached hydrogens (tertiary/aromatic N) is 2. The third-order valence-electron chi connectivity index (χ3n) is 3.99. The number of hydrogen-bond donors (Lipinski definition) is 1. The van der Waals surface area contributed by atoms with Crippen molar-refractivity contribution in [2.45, 2.75) is 6.42 Å². The van der Waals surface area contributed by atoms with Gasteiger partial charge in [-0.05, 0) is 24.3 Å². The van der Waals surface area contributed by atoms with Crippen LogP contribution in [0.15, 0.2) is 65.1 Å². The van der Waals surface area contributed by atoms with Gasteiger partial charge in [-0.15, -0.1) is 0 Å². The molecule has 2 aliphatic rings. The monoisotopic (exact) mass is 367 g/mol. The van der Waals surface area contributed by atoms with E-state index in [9.17, 15) is 14.4 Å². The fourth-order valence-corrected chi connectivity index (χ4v) is 2.73. The van der Waals surface area contributed by atoms with Crippen molar-refractivity contribution >= 4 is 29.2 Å². The van der Waals surface area contributed by atoms with Crippen LogP contribution in [0, 0.1) is 0 Å². The summed E-state index contributed by atoms with van der Waals surface area (Å²) in [5.74, 6) is -1.53. The van der Waals surface area contributed by atoms with Gasteiger partial charge in [0.05, 0.1) is 31.9 Å². The smallest absolute Gasteiger partial charge is 0.355 e. The molecule has 138 valence electrons. The third-order valence-corrected chi connectivity index (χ3v) is 3.99. The largest absolute Gasteiger partial charge is 0.465 e. The van der Waals surface area contributed by atoms with E-state index in [-0.39, 0.29) is 23.6 Å². The zero-order chi connectivity index (χ0) is 19.4. The number of ether oxygens (including phenoxy) is 2. The van der Waals surface area contributed by atoms with Crippen molar-refractivity contribution in [2.75, 3.05) is 19.1 Å². The molecular weight excluding hydrogens is 350 g/mol. The molecule has 2 aliphatic heterocycles. The van der Waals surface area contributed by atoms with Crippen LogP contribution < -0.4 is 10.3 Å². The van der Waals surface area contributed by atoms with Gasteiger partial charge < -0.3 is 14.4 Å². The van der Waals surface area contributed by atoms with E-state index in [0.29, 0.717) is 11.4 Å². The number of hydrazone groups is 1. The van der Waals surface area contributed by atoms with Crippen LogP contribution in [0.1, 0.15) is 12.0 Å². The van der Waals surface area contributed by atoms with Gasteiger partial charge in [0.15, 0.2) is 0 Å². The summed E-state index contributed by atoms with van der Waals surface area (Å²) < 4.78 is 9.67. The van der Waals surface area contributed by atoms with Crippen LogP contribution in [0.3, 0.4) is 0 Å². The lowest BCUT2D eigenvalue weighted by atomic mass is 10.1. The molecule has 0 saturated heterocycles. The predicted octanol–water partition coefficient (Wildman–Crippen LogP) is 1.40. The van der Waals surface area contributed by atoms with Crippen LogP contribution >= 0.6 is 0 Å². The first-order valence-corrected chi connectivity index (χ1v) is 8.06. The van der Waals surface area contributed by atoms with Crippen LogP contribution in [0.5, 0.6) is 0 Å². The fourth-order valence-electron chi connectivity index (χ4n) is 2.73. The summed E-state index contributed by atoms with van der Waals surface area (Å²) >= 11 is 0. The molecule has 3 rings (SSSR count). The van der Waals surface area contributed by atoms with Gasteiger partial charge in [-0.25, -0.2) is 15.0 Å². The number of nitrogens with one attached hydrogen (secondary N) is 1. The van der Waals surface area contributed by atoms with Gasteiger partial charge in [-0.2, -0.15) is 5.10 Å². The molecule has 0 unspecified atom stereocenters. The van der Waals surface area contributed by atoms with Crippen LogP contribution in [-0.2, 0) is 23.9 Å². The number of allylic oxidation sites excluding steroid dienone is 2. The highest BCUT2D eigenvalue weighted by Crippen LogP contribution is 2.27. The summed E-state index contributed by atoms with van der Waals surface area (Å²) in [4.78, 5) is 37.6. The van der Waals surface area contributed by atoms with Crippen molar-refractivity contribution in [3.8, 4) is 0 Å². The number of benzene rings is 1. The summed E-state index contributed by atoms with van der Waals surface area (Å²) in [6, 6.07) is 7.12. The number of carbonyl (C=O) groups is 3. The van der Waals surface area contributed by atoms with Crippen LogP contribution in [0.4, 0.5) is 5.69 Å². The van der Waals surface area contributed by atoms with E-state index in [0.717, 1.165) is 5.56 Å². The van der Waals surface area contributed by atoms with Crippen molar-refractivity contribution in [1.29, 1.82) is 0 Å². The normalized spacial score (nSPS) is 16.0. The van der Waals surface area contributed by atoms with E-state index >= 15 is 0 Å². The minimum Gasteiger partial charge on any atom is -0.465 e. The molecule has 0 atom stereocenters. The molecular formula is C19H17N3O5. The zero-order valence-electron chi connectivity index (χ0n) is 14.8. The summed E-state index contributed by atoms with van der Waals surface area (Å²) in [6.07, 6.45) is 6.61. The highest BCUT2D eigenvalue weighted by atomic mass is 16.5. The first-order chi connectivity index (χ1) is 13.0. The van der Waals surface area contributed by atoms with Crippen molar-refractivity contribution in [1.82, 2.24) is 5.43 Å². The molecule has 0 radical (unpaired) electrons. The second kappa shape index (κ2) is 7.69. The second-order valence-electron chi connectivity index (χ2n) is 5.64. The number of esters is 2. The van der Waals surface area contributed by atoms with E-state index < -0.39 is 11.9 Å². The Kier molecular flexibility index (Phi) is 5.16. The molecule has 8 nitrogen and oxygen atoms in total. The molecule has 1 aromatic rings. The molecule has 27 heavy (non-hydrogen) atoms. The Morgan fingerprint density at radius 2 is 1.93 bits per heavy atom. The molecule has 8 heteroatoms. The van der Waals surface area contributed by atoms with E-state index in [4.69, 9.17) is 9.47 Å². The topological polar surface area (TPSA) is 97.3 Å². The van der Waals surface area contributed by atoms with Gasteiger partial charge in [0.2, 0.25) is 5.91 Å². The van der Waals surface area contributed by atoms with Gasteiger partial charge in [-0.1, -0.05) is 18.2 Å². The highest BCUT2D eigenvalue weighted by Gasteiger charge is 2.28. The number of amides is 1. The van der Waals surface area contributed by atoms with Crippen LogP contribution in [-0.4, -0.2) is 37.8 Å². The summed E-state index contributed by atoms with van der Waals surface area (Å²) in [6.45, 7) is 0. The Morgan fingerprint density at radius 1 is 1.15 bits per heavy atom. The van der Waals surface area contributed by atoms with Gasteiger partial charge in [-0.3, -0.25) is 4.79 Å². The number of rotatable bonds is 4. The maximum Gasteiger partial charge on any atom is 0.355 e. The molecule has 0 aromatic heterocycles. The SMILES string of the molecule is COC(=O)C1=C(C(=O)OC)N(c2cccc(C3=NNC(=O)C3)c2)C=CC=C1. The van der Waals surface area contributed by atoms with E-state index in [1.165, 1.54) is 25.2 Å². The minimum atomic E-state index is -0.688. The Hall–Kier alpha value is -3.68. The Morgan fingerprint density at radius 3 is 2.59 bits per heavy atom. The number of carbonyl (C=O) groups excluding carboxylic acids is 3. The van der Waals surface area contributed by atoms with Crippen molar-refractivity contribution in [3.05, 3.63) is 65.5 Å². The quantitative estimate of drug-likeness (QED) is 0.808. The molecule has 1 aromatic carbocycles. The minimum absolute atomic E-state index is 0.0223. The maximum atomic E-state index is 12.4. The molecule has 0 saturated carbocycles. The average Bonchev–Trinajstić information content (AvgIpc) is 3.01. The van der Waals surface area contributed by atoms with Gasteiger partial charge in [0.25, 0.3) is 0 Å². The lowest BCUT2D eigenvalue weighted by molar-refractivity contribution is -0.139. The maximum absolute atomic E-state index is 12.4. The second-order valence-corrected chi connectivity index (χ2v) is 5.64. The lowest BCUT2D eigenvalue weighted by Gasteiger charge is -2.23. The molecule has 2 heterocycles. The zero-order valence-corrected chi connectivity index (χ0v) is 14.8. The molecule has 1 amide bonds. The Labute approximate surface area is 155 Å². The first kappa shape index (κ1) is 18.1. The molecule has 0 bridgehead atoms. The average molecular weight is 367 g/mol. The molecule has 0 aliphatic carbocycles. The van der Waals surface area contributed by atoms with Crippen molar-refractivity contribution in [2.24, 2.45) is 5.10 Å². The lowest BCUT2D eigenvalue weighted by Crippen LogP contribution is -2.27. The molecule has 1 N–H and O–H groups in total. The van der Waals surface area contributed by atoms with E-state index in [1.807, 2.05) is 6.07 Å². The molecule has 0 spiro atoms. The van der Waals surface area contributed by atoms with E-state index in [2.05, 4.69) is 10.5 Å². The fraction of sp³-hybridized carbons (Fsp3) is 0.158. The van der Waals surface area contributed by atoms with Crippen molar-refractivity contribution in [3.63, 3.8) is 0 Å². The van der Waals surface area contributed by atoms with E-state index in [1.54, 1.807) is 36.6 Å². The van der Waals surface area contributed by atoms with Crippen LogP contribution in [0.25, 0.3) is 0 Å². The first-order valence-electron chi connectivity index (χ1n) is 8.06. The Bertz CT molecular complexity index is 927. The standard InChI is InChI=1S/C19H17N3O5/c1-26-18(24)14-8-3-4-9-22(17(14)19(25)27-2)13-7-5-6-12(10-13)15-11-16(23)21-20-15/h3-10H,11H2,1-2H3,(H,21,23). The Balaban J connectivity index is 2.09. The van der Waals surface area contributed by atoms with Crippen molar-refractivity contribution < 1.29 is 23.9 Å². The number of hydrogen-bond acceptors (Lipinski definition) is 7. The summed E-state index contributed by atoms with van der Waals surface area (Å²) in [7, 11) is 2.48.